The van der Waals surface area contributed by atoms with Gasteiger partial charge in [-0.3, -0.25) is 9.59 Å². The second-order valence-electron chi connectivity index (χ2n) is 8.05. The molecule has 1 aromatic rings. The van der Waals surface area contributed by atoms with E-state index in [2.05, 4.69) is 19.2 Å². The zero-order chi connectivity index (χ0) is 20.8. The van der Waals surface area contributed by atoms with E-state index in [1.807, 2.05) is 6.92 Å². The van der Waals surface area contributed by atoms with Gasteiger partial charge in [0.2, 0.25) is 0 Å². The summed E-state index contributed by atoms with van der Waals surface area (Å²) in [6, 6.07) is 0.570. The maximum Gasteiger partial charge on any atom is 0.326 e. The quantitative estimate of drug-likeness (QED) is 0.689. The van der Waals surface area contributed by atoms with Crippen molar-refractivity contribution < 1.29 is 14.7 Å². The van der Waals surface area contributed by atoms with Crippen molar-refractivity contribution in [3.8, 4) is 0 Å². The third-order valence-electron chi connectivity index (χ3n) is 4.73. The second kappa shape index (κ2) is 9.72. The number of carboxylic acid groups (broad SMARTS) is 1. The van der Waals surface area contributed by atoms with Crippen molar-refractivity contribution in [3.63, 3.8) is 0 Å². The van der Waals surface area contributed by atoms with Gasteiger partial charge in [0.25, 0.3) is 11.5 Å². The Morgan fingerprint density at radius 2 is 1.81 bits per heavy atom. The Kier molecular flexibility index (Phi) is 8.25. The molecule has 1 unspecified atom stereocenters. The SMILES string of the molecule is CCCCn1c(CCC)c(CC)cc(C(=O)NC(C(=O)O)C(C)(C)C)c1=O. The Hall–Kier alpha value is -2.11. The lowest BCUT2D eigenvalue weighted by Crippen LogP contribution is -2.50. The summed E-state index contributed by atoms with van der Waals surface area (Å²) in [6.45, 7) is 11.9. The predicted octanol–water partition coefficient (Wildman–Crippen LogP) is 3.39. The van der Waals surface area contributed by atoms with E-state index in [0.29, 0.717) is 13.0 Å². The maximum absolute atomic E-state index is 13.0. The Morgan fingerprint density at radius 1 is 1.19 bits per heavy atom. The van der Waals surface area contributed by atoms with Crippen LogP contribution in [0.4, 0.5) is 0 Å². The van der Waals surface area contributed by atoms with Crippen LogP contribution in [0, 0.1) is 5.41 Å². The molecule has 0 aliphatic rings. The number of carbonyl (C=O) groups is 2. The smallest absolute Gasteiger partial charge is 0.326 e. The minimum atomic E-state index is -1.11. The molecule has 0 aromatic carbocycles. The highest BCUT2D eigenvalue weighted by Crippen LogP contribution is 2.20. The molecule has 0 spiro atoms. The highest BCUT2D eigenvalue weighted by Gasteiger charge is 2.33. The Bertz CT molecular complexity index is 729. The molecule has 0 aliphatic heterocycles. The minimum absolute atomic E-state index is 0.0262. The lowest BCUT2D eigenvalue weighted by atomic mass is 9.86. The number of aromatic nitrogens is 1. The summed E-state index contributed by atoms with van der Waals surface area (Å²) in [4.78, 5) is 37.4. The van der Waals surface area contributed by atoms with Gasteiger partial charge in [-0.25, -0.2) is 4.79 Å². The molecular weight excluding hydrogens is 344 g/mol. The van der Waals surface area contributed by atoms with Crippen LogP contribution in [0.15, 0.2) is 10.9 Å². The van der Waals surface area contributed by atoms with Crippen LogP contribution in [0.5, 0.6) is 0 Å². The molecule has 0 radical (unpaired) electrons. The van der Waals surface area contributed by atoms with Crippen LogP contribution in [0.1, 0.15) is 82.4 Å². The number of aryl methyl sites for hydroxylation is 1. The van der Waals surface area contributed by atoms with Crippen molar-refractivity contribution >= 4 is 11.9 Å². The van der Waals surface area contributed by atoms with Gasteiger partial charge in [-0.2, -0.15) is 0 Å². The van der Waals surface area contributed by atoms with Gasteiger partial charge < -0.3 is 15.0 Å². The molecule has 0 saturated carbocycles. The largest absolute Gasteiger partial charge is 0.480 e. The van der Waals surface area contributed by atoms with E-state index in [0.717, 1.165) is 36.9 Å². The minimum Gasteiger partial charge on any atom is -0.480 e. The highest BCUT2D eigenvalue weighted by atomic mass is 16.4. The van der Waals surface area contributed by atoms with Gasteiger partial charge in [-0.05, 0) is 36.3 Å². The number of amides is 1. The molecule has 0 fully saturated rings. The summed E-state index contributed by atoms with van der Waals surface area (Å²) >= 11 is 0. The average molecular weight is 379 g/mol. The van der Waals surface area contributed by atoms with Crippen LogP contribution in [0.25, 0.3) is 0 Å². The number of pyridine rings is 1. The average Bonchev–Trinajstić information content (AvgIpc) is 2.58. The molecule has 0 aliphatic carbocycles. The van der Waals surface area contributed by atoms with Crippen LogP contribution >= 0.6 is 0 Å². The summed E-state index contributed by atoms with van der Waals surface area (Å²) in [5.41, 5.74) is 0.984. The zero-order valence-corrected chi connectivity index (χ0v) is 17.5. The summed E-state index contributed by atoms with van der Waals surface area (Å²) in [6.07, 6.45) is 4.20. The number of hydrogen-bond acceptors (Lipinski definition) is 3. The fourth-order valence-electron chi connectivity index (χ4n) is 3.17. The first-order chi connectivity index (χ1) is 12.6. The first-order valence-electron chi connectivity index (χ1n) is 9.87. The van der Waals surface area contributed by atoms with Gasteiger partial charge in [0.05, 0.1) is 0 Å². The molecule has 6 heteroatoms. The third kappa shape index (κ3) is 5.68. The van der Waals surface area contributed by atoms with Crippen LogP contribution in [-0.4, -0.2) is 27.6 Å². The van der Waals surface area contributed by atoms with Gasteiger partial charge in [-0.15, -0.1) is 0 Å². The van der Waals surface area contributed by atoms with Crippen molar-refractivity contribution in [2.45, 2.75) is 86.2 Å². The molecule has 1 atom stereocenters. The lowest BCUT2D eigenvalue weighted by Gasteiger charge is -2.28. The Balaban J connectivity index is 3.44. The van der Waals surface area contributed by atoms with Crippen LogP contribution in [0.2, 0.25) is 0 Å². The van der Waals surface area contributed by atoms with Crippen molar-refractivity contribution in [1.82, 2.24) is 9.88 Å². The summed E-state index contributed by atoms with van der Waals surface area (Å²) < 4.78 is 1.72. The topological polar surface area (TPSA) is 88.4 Å². The van der Waals surface area contributed by atoms with E-state index in [-0.39, 0.29) is 11.1 Å². The summed E-state index contributed by atoms with van der Waals surface area (Å²) in [7, 11) is 0. The molecule has 2 N–H and O–H groups in total. The van der Waals surface area contributed by atoms with E-state index in [9.17, 15) is 19.5 Å². The number of aliphatic carboxylic acids is 1. The van der Waals surface area contributed by atoms with E-state index in [4.69, 9.17) is 0 Å². The summed E-state index contributed by atoms with van der Waals surface area (Å²) in [5, 5.41) is 12.0. The van der Waals surface area contributed by atoms with Crippen molar-refractivity contribution in [2.75, 3.05) is 0 Å². The number of carbonyl (C=O) groups excluding carboxylic acids is 1. The number of rotatable bonds is 9. The van der Waals surface area contributed by atoms with Crippen molar-refractivity contribution in [3.05, 3.63) is 33.2 Å². The van der Waals surface area contributed by atoms with E-state index in [1.54, 1.807) is 31.4 Å². The molecule has 27 heavy (non-hydrogen) atoms. The fourth-order valence-corrected chi connectivity index (χ4v) is 3.17. The van der Waals surface area contributed by atoms with Gasteiger partial charge in [-0.1, -0.05) is 54.4 Å². The third-order valence-corrected chi connectivity index (χ3v) is 4.73. The van der Waals surface area contributed by atoms with Crippen molar-refractivity contribution in [1.29, 1.82) is 0 Å². The van der Waals surface area contributed by atoms with Gasteiger partial charge >= 0.3 is 5.97 Å². The Morgan fingerprint density at radius 3 is 2.26 bits per heavy atom. The van der Waals surface area contributed by atoms with Crippen molar-refractivity contribution in [2.24, 2.45) is 5.41 Å². The highest BCUT2D eigenvalue weighted by molar-refractivity contribution is 5.96. The molecule has 6 nitrogen and oxygen atoms in total. The maximum atomic E-state index is 13.0. The second-order valence-corrected chi connectivity index (χ2v) is 8.05. The van der Waals surface area contributed by atoms with E-state index < -0.39 is 23.3 Å². The number of nitrogens with zero attached hydrogens (tertiary/aromatic N) is 1. The number of unbranched alkanes of at least 4 members (excludes halogenated alkanes) is 1. The van der Waals surface area contributed by atoms with Gasteiger partial charge in [0, 0.05) is 12.2 Å². The normalized spacial score (nSPS) is 12.7. The molecule has 0 bridgehead atoms. The first-order valence-corrected chi connectivity index (χ1v) is 9.87. The zero-order valence-electron chi connectivity index (χ0n) is 17.5. The van der Waals surface area contributed by atoms with E-state index >= 15 is 0 Å². The molecule has 0 saturated heterocycles. The predicted molar refractivity (Wildman–Crippen MR) is 107 cm³/mol. The number of carboxylic acids is 1. The molecule has 1 amide bonds. The standard InChI is InChI=1S/C21H34N2O4/c1-7-10-12-23-16(11-8-2)14(9-3)13-15(19(23)25)18(24)22-17(20(26)27)21(4,5)6/h13,17H,7-12H2,1-6H3,(H,22,24)(H,26,27). The Labute approximate surface area is 162 Å². The molecule has 152 valence electrons. The molecule has 1 heterocycles. The number of hydrogen-bond donors (Lipinski definition) is 2. The van der Waals surface area contributed by atoms with Crippen LogP contribution in [0.3, 0.4) is 0 Å². The fraction of sp³-hybridized carbons (Fsp3) is 0.667. The summed E-state index contributed by atoms with van der Waals surface area (Å²) in [5.74, 6) is -1.73. The van der Waals surface area contributed by atoms with Gasteiger partial charge in [0.15, 0.2) is 0 Å². The van der Waals surface area contributed by atoms with Crippen LogP contribution in [-0.2, 0) is 24.2 Å². The first kappa shape index (κ1) is 22.9. The van der Waals surface area contributed by atoms with Gasteiger partial charge in [0.1, 0.15) is 11.6 Å². The molecule has 1 rings (SSSR count). The molecular formula is C21H34N2O4. The monoisotopic (exact) mass is 378 g/mol. The molecule has 1 aromatic heterocycles. The lowest BCUT2D eigenvalue weighted by molar-refractivity contribution is -0.142. The number of nitrogens with one attached hydrogen (secondary N) is 1. The van der Waals surface area contributed by atoms with E-state index in [1.165, 1.54) is 0 Å². The van der Waals surface area contributed by atoms with Crippen LogP contribution < -0.4 is 10.9 Å².